The maximum Gasteiger partial charge on any atom is 0.0715 e. The van der Waals surface area contributed by atoms with Crippen LogP contribution in [0.4, 0.5) is 0 Å². The summed E-state index contributed by atoms with van der Waals surface area (Å²) in [7, 11) is 0. The van der Waals surface area contributed by atoms with E-state index in [9.17, 15) is 5.11 Å². The number of hydrogen-bond donors (Lipinski definition) is 2. The lowest BCUT2D eigenvalue weighted by atomic mass is 9.97. The summed E-state index contributed by atoms with van der Waals surface area (Å²) < 4.78 is 0. The van der Waals surface area contributed by atoms with Crippen LogP contribution in [0.25, 0.3) is 0 Å². The molecule has 0 bridgehead atoms. The second-order valence-electron chi connectivity index (χ2n) is 4.80. The van der Waals surface area contributed by atoms with Crippen LogP contribution in [-0.2, 0) is 0 Å². The van der Waals surface area contributed by atoms with Gasteiger partial charge in [-0.2, -0.15) is 0 Å². The van der Waals surface area contributed by atoms with Gasteiger partial charge in [0, 0.05) is 12.1 Å². The van der Waals surface area contributed by atoms with Gasteiger partial charge in [0.25, 0.3) is 0 Å². The molecular formula is C10H23NO. The lowest BCUT2D eigenvalue weighted by Gasteiger charge is -2.29. The Morgan fingerprint density at radius 3 is 2.00 bits per heavy atom. The first kappa shape index (κ1) is 11.9. The van der Waals surface area contributed by atoms with Crippen molar-refractivity contribution < 1.29 is 5.11 Å². The molecule has 0 aromatic heterocycles. The van der Waals surface area contributed by atoms with Gasteiger partial charge in [0.2, 0.25) is 0 Å². The van der Waals surface area contributed by atoms with Gasteiger partial charge in [-0.1, -0.05) is 13.3 Å². The van der Waals surface area contributed by atoms with Gasteiger partial charge in [0.05, 0.1) is 5.60 Å². The van der Waals surface area contributed by atoms with E-state index in [2.05, 4.69) is 26.1 Å². The molecule has 0 atom stereocenters. The molecule has 0 saturated carbocycles. The summed E-state index contributed by atoms with van der Waals surface area (Å²) in [4.78, 5) is 0. The topological polar surface area (TPSA) is 32.3 Å². The molecule has 74 valence electrons. The molecule has 0 amide bonds. The van der Waals surface area contributed by atoms with Crippen LogP contribution in [0.5, 0.6) is 0 Å². The van der Waals surface area contributed by atoms with E-state index in [1.54, 1.807) is 0 Å². The molecule has 0 unspecified atom stereocenters. The molecule has 0 spiro atoms. The van der Waals surface area contributed by atoms with Gasteiger partial charge in [0.1, 0.15) is 0 Å². The van der Waals surface area contributed by atoms with E-state index in [0.717, 1.165) is 6.42 Å². The molecule has 2 nitrogen and oxygen atoms in total. The molecule has 0 aliphatic carbocycles. The van der Waals surface area contributed by atoms with Crippen molar-refractivity contribution in [3.05, 3.63) is 0 Å². The fraction of sp³-hybridized carbons (Fsp3) is 1.00. The van der Waals surface area contributed by atoms with Crippen molar-refractivity contribution in [3.63, 3.8) is 0 Å². The summed E-state index contributed by atoms with van der Waals surface area (Å²) in [6.07, 6.45) is 2.31. The summed E-state index contributed by atoms with van der Waals surface area (Å²) in [5, 5.41) is 12.8. The van der Waals surface area contributed by atoms with Crippen LogP contribution in [0, 0.1) is 0 Å². The molecule has 0 aliphatic rings. The Kier molecular flexibility index (Phi) is 4.21. The van der Waals surface area contributed by atoms with Gasteiger partial charge in [-0.15, -0.1) is 0 Å². The van der Waals surface area contributed by atoms with E-state index in [-0.39, 0.29) is 5.54 Å². The smallest absolute Gasteiger partial charge is 0.0715 e. The molecule has 0 rings (SSSR count). The van der Waals surface area contributed by atoms with Crippen molar-refractivity contribution in [2.24, 2.45) is 0 Å². The standard InChI is InChI=1S/C10H23NO/c1-6-7-9(2,3)11-8-10(4,5)12/h11-12H,6-8H2,1-5H3. The minimum Gasteiger partial charge on any atom is -0.389 e. The lowest BCUT2D eigenvalue weighted by molar-refractivity contribution is 0.0703. The van der Waals surface area contributed by atoms with E-state index >= 15 is 0 Å². The third-order valence-electron chi connectivity index (χ3n) is 1.87. The third kappa shape index (κ3) is 6.62. The Morgan fingerprint density at radius 2 is 1.67 bits per heavy atom. The van der Waals surface area contributed by atoms with Crippen LogP contribution in [-0.4, -0.2) is 22.8 Å². The number of β-amino-alcohol motifs (C(OH)–C–C–N with tert-alkyl or cyclic N) is 1. The van der Waals surface area contributed by atoms with Gasteiger partial charge in [-0.25, -0.2) is 0 Å². The summed E-state index contributed by atoms with van der Waals surface area (Å²) in [6.45, 7) is 10.8. The maximum absolute atomic E-state index is 9.49. The van der Waals surface area contributed by atoms with Crippen molar-refractivity contribution >= 4 is 0 Å². The van der Waals surface area contributed by atoms with Gasteiger partial charge < -0.3 is 10.4 Å². The molecular weight excluding hydrogens is 150 g/mol. The van der Waals surface area contributed by atoms with Crippen molar-refractivity contribution in [1.29, 1.82) is 0 Å². The fourth-order valence-corrected chi connectivity index (χ4v) is 1.17. The van der Waals surface area contributed by atoms with Crippen LogP contribution < -0.4 is 5.32 Å². The van der Waals surface area contributed by atoms with E-state index in [4.69, 9.17) is 0 Å². The Labute approximate surface area is 76.4 Å². The zero-order valence-corrected chi connectivity index (χ0v) is 9.07. The highest BCUT2D eigenvalue weighted by molar-refractivity contribution is 4.80. The highest BCUT2D eigenvalue weighted by Crippen LogP contribution is 2.11. The Bertz CT molecular complexity index is 124. The number of nitrogens with one attached hydrogen (secondary N) is 1. The van der Waals surface area contributed by atoms with Crippen LogP contribution in [0.1, 0.15) is 47.5 Å². The minimum absolute atomic E-state index is 0.148. The van der Waals surface area contributed by atoms with Crippen molar-refractivity contribution in [2.45, 2.75) is 58.6 Å². The van der Waals surface area contributed by atoms with Crippen molar-refractivity contribution in [1.82, 2.24) is 5.32 Å². The minimum atomic E-state index is -0.606. The van der Waals surface area contributed by atoms with Crippen LogP contribution >= 0.6 is 0 Å². The second kappa shape index (κ2) is 4.24. The molecule has 0 fully saturated rings. The monoisotopic (exact) mass is 173 g/mol. The predicted molar refractivity (Wildman–Crippen MR) is 53.3 cm³/mol. The fourth-order valence-electron chi connectivity index (χ4n) is 1.17. The third-order valence-corrected chi connectivity index (χ3v) is 1.87. The highest BCUT2D eigenvalue weighted by Gasteiger charge is 2.20. The summed E-state index contributed by atoms with van der Waals surface area (Å²) in [6, 6.07) is 0. The van der Waals surface area contributed by atoms with Crippen LogP contribution in [0.15, 0.2) is 0 Å². The Balaban J connectivity index is 3.75. The zero-order valence-electron chi connectivity index (χ0n) is 9.07. The largest absolute Gasteiger partial charge is 0.389 e. The zero-order chi connectivity index (χ0) is 9.83. The molecule has 0 radical (unpaired) electrons. The SMILES string of the molecule is CCCC(C)(C)NCC(C)(C)O. The van der Waals surface area contributed by atoms with Crippen LogP contribution in [0.2, 0.25) is 0 Å². The van der Waals surface area contributed by atoms with Gasteiger partial charge in [-0.3, -0.25) is 0 Å². The molecule has 2 N–H and O–H groups in total. The quantitative estimate of drug-likeness (QED) is 0.666. The normalized spacial score (nSPS) is 13.5. The predicted octanol–water partition coefficient (Wildman–Crippen LogP) is 1.93. The molecule has 0 aliphatic heterocycles. The van der Waals surface area contributed by atoms with E-state index in [0.29, 0.717) is 6.54 Å². The van der Waals surface area contributed by atoms with E-state index in [1.165, 1.54) is 6.42 Å². The maximum atomic E-state index is 9.49. The van der Waals surface area contributed by atoms with Crippen molar-refractivity contribution in [2.75, 3.05) is 6.54 Å². The number of rotatable bonds is 5. The first-order valence-corrected chi connectivity index (χ1v) is 4.74. The average Bonchev–Trinajstić information content (AvgIpc) is 1.83. The molecule has 0 heterocycles. The average molecular weight is 173 g/mol. The molecule has 0 aromatic carbocycles. The Hall–Kier alpha value is -0.0800. The lowest BCUT2D eigenvalue weighted by Crippen LogP contribution is -2.46. The van der Waals surface area contributed by atoms with E-state index in [1.807, 2.05) is 13.8 Å². The summed E-state index contributed by atoms with van der Waals surface area (Å²) in [5.41, 5.74) is -0.459. The summed E-state index contributed by atoms with van der Waals surface area (Å²) in [5.74, 6) is 0. The summed E-state index contributed by atoms with van der Waals surface area (Å²) >= 11 is 0. The Morgan fingerprint density at radius 1 is 1.17 bits per heavy atom. The number of hydrogen-bond acceptors (Lipinski definition) is 2. The number of aliphatic hydroxyl groups is 1. The molecule has 0 saturated heterocycles. The van der Waals surface area contributed by atoms with E-state index < -0.39 is 5.60 Å². The van der Waals surface area contributed by atoms with Crippen molar-refractivity contribution in [3.8, 4) is 0 Å². The van der Waals surface area contributed by atoms with Gasteiger partial charge in [0.15, 0.2) is 0 Å². The molecule has 2 heteroatoms. The first-order chi connectivity index (χ1) is 5.27. The second-order valence-corrected chi connectivity index (χ2v) is 4.80. The van der Waals surface area contributed by atoms with Gasteiger partial charge in [-0.05, 0) is 34.1 Å². The molecule has 0 aromatic rings. The van der Waals surface area contributed by atoms with Crippen LogP contribution in [0.3, 0.4) is 0 Å². The van der Waals surface area contributed by atoms with Gasteiger partial charge >= 0.3 is 0 Å². The highest BCUT2D eigenvalue weighted by atomic mass is 16.3. The molecule has 12 heavy (non-hydrogen) atoms. The first-order valence-electron chi connectivity index (χ1n) is 4.74.